The highest BCUT2D eigenvalue weighted by molar-refractivity contribution is 5.25. The number of rotatable bonds is 6. The maximum Gasteiger partial charge on any atom is 0.0577 e. The van der Waals surface area contributed by atoms with Crippen LogP contribution in [-0.4, -0.2) is 11.2 Å². The van der Waals surface area contributed by atoms with Crippen LogP contribution in [0.2, 0.25) is 0 Å². The molecular weight excluding hydrogens is 388 g/mol. The van der Waals surface area contributed by atoms with Gasteiger partial charge < -0.3 is 5.11 Å². The number of allylic oxidation sites excluding steroid dienone is 3. The minimum atomic E-state index is -0.0875. The van der Waals surface area contributed by atoms with Crippen molar-refractivity contribution in [2.24, 2.45) is 58.2 Å². The van der Waals surface area contributed by atoms with Crippen molar-refractivity contribution in [1.82, 2.24) is 0 Å². The van der Waals surface area contributed by atoms with E-state index in [4.69, 9.17) is 0 Å². The van der Waals surface area contributed by atoms with E-state index in [0.29, 0.717) is 16.7 Å². The number of fused-ring (bicyclic) bond motifs is 5. The first-order valence-electron chi connectivity index (χ1n) is 14.1. The second-order valence-corrected chi connectivity index (χ2v) is 13.6. The van der Waals surface area contributed by atoms with Crippen LogP contribution in [-0.2, 0) is 0 Å². The Labute approximate surface area is 199 Å². The van der Waals surface area contributed by atoms with Gasteiger partial charge in [-0.25, -0.2) is 0 Å². The van der Waals surface area contributed by atoms with E-state index in [1.165, 1.54) is 44.9 Å². The lowest BCUT2D eigenvalue weighted by Gasteiger charge is -2.58. The lowest BCUT2D eigenvalue weighted by atomic mass is 9.47. The highest BCUT2D eigenvalue weighted by Crippen LogP contribution is 2.67. The molecule has 0 unspecified atom stereocenters. The van der Waals surface area contributed by atoms with E-state index in [0.717, 1.165) is 54.3 Å². The Morgan fingerprint density at radius 3 is 2.38 bits per heavy atom. The van der Waals surface area contributed by atoms with Gasteiger partial charge in [0, 0.05) is 0 Å². The largest absolute Gasteiger partial charge is 0.393 e. The lowest BCUT2D eigenvalue weighted by Crippen LogP contribution is -2.50. The van der Waals surface area contributed by atoms with Crippen molar-refractivity contribution in [1.29, 1.82) is 0 Å². The first-order chi connectivity index (χ1) is 15.1. The molecule has 1 heteroatoms. The molecule has 32 heavy (non-hydrogen) atoms. The summed E-state index contributed by atoms with van der Waals surface area (Å²) in [5.41, 5.74) is 2.53. The molecule has 0 spiro atoms. The maximum absolute atomic E-state index is 10.3. The number of aliphatic hydroxyl groups excluding tert-OH is 1. The predicted molar refractivity (Wildman–Crippen MR) is 137 cm³/mol. The summed E-state index contributed by atoms with van der Waals surface area (Å²) in [6, 6.07) is 0. The van der Waals surface area contributed by atoms with Gasteiger partial charge in [0.05, 0.1) is 6.10 Å². The lowest BCUT2D eigenvalue weighted by molar-refractivity contribution is -0.0565. The summed E-state index contributed by atoms with van der Waals surface area (Å²) in [7, 11) is 0. The molecule has 0 amide bonds. The highest BCUT2D eigenvalue weighted by atomic mass is 16.3. The summed E-state index contributed by atoms with van der Waals surface area (Å²) < 4.78 is 0. The van der Waals surface area contributed by atoms with Crippen LogP contribution in [0.25, 0.3) is 0 Å². The van der Waals surface area contributed by atoms with E-state index in [2.05, 4.69) is 66.7 Å². The van der Waals surface area contributed by atoms with Gasteiger partial charge in [-0.05, 0) is 116 Å². The SMILES string of the molecule is CC(C)C(/C=C/C[C@@H](C)[C@H]1CC[C@H]2[C@@H]3CC=C4C[C@@H](O)CC[C@]4(C)[C@H]3CC[C@]12C)C(C)C. The fraction of sp³-hybridized carbons (Fsp3) is 0.871. The molecule has 3 saturated carbocycles. The Bertz CT molecular complexity index is 708. The summed E-state index contributed by atoms with van der Waals surface area (Å²) in [5, 5.41) is 10.3. The summed E-state index contributed by atoms with van der Waals surface area (Å²) in [4.78, 5) is 0. The Morgan fingerprint density at radius 1 is 0.969 bits per heavy atom. The van der Waals surface area contributed by atoms with E-state index < -0.39 is 0 Å². The molecule has 0 aromatic rings. The van der Waals surface area contributed by atoms with Gasteiger partial charge in [0.15, 0.2) is 0 Å². The van der Waals surface area contributed by atoms with Crippen LogP contribution in [0.3, 0.4) is 0 Å². The zero-order chi connectivity index (χ0) is 23.3. The van der Waals surface area contributed by atoms with E-state index in [9.17, 15) is 5.11 Å². The second kappa shape index (κ2) is 9.24. The predicted octanol–water partition coefficient (Wildman–Crippen LogP) is 8.44. The molecule has 1 nitrogen and oxygen atoms in total. The molecule has 182 valence electrons. The van der Waals surface area contributed by atoms with Crippen molar-refractivity contribution < 1.29 is 5.11 Å². The van der Waals surface area contributed by atoms with Gasteiger partial charge in [-0.3, -0.25) is 0 Å². The third kappa shape index (κ3) is 4.18. The third-order valence-corrected chi connectivity index (χ3v) is 11.2. The average Bonchev–Trinajstić information content (AvgIpc) is 3.08. The molecule has 0 aromatic heterocycles. The van der Waals surface area contributed by atoms with Crippen molar-refractivity contribution >= 4 is 0 Å². The fourth-order valence-electron chi connectivity index (χ4n) is 9.45. The number of hydrogen-bond acceptors (Lipinski definition) is 1. The first-order valence-corrected chi connectivity index (χ1v) is 14.1. The zero-order valence-corrected chi connectivity index (χ0v) is 22.2. The monoisotopic (exact) mass is 440 g/mol. The van der Waals surface area contributed by atoms with Crippen LogP contribution in [0.4, 0.5) is 0 Å². The summed E-state index contributed by atoms with van der Waals surface area (Å²) in [6.45, 7) is 17.3. The van der Waals surface area contributed by atoms with Crippen LogP contribution in [0.1, 0.15) is 106 Å². The van der Waals surface area contributed by atoms with Gasteiger partial charge >= 0.3 is 0 Å². The van der Waals surface area contributed by atoms with Gasteiger partial charge in [-0.15, -0.1) is 0 Å². The standard InChI is InChI=1S/C31H52O/c1-20(2)25(21(3)4)10-8-9-22(5)27-13-14-28-26-12-11-23-19-24(32)15-17-30(23,6)29(26)16-18-31(27,28)7/h8,10-11,20-22,24-29,32H,9,12-19H2,1-7H3/b10-8+/t22-,24+,26+,27-,28+,29+,30+,31-/m1/s1. The van der Waals surface area contributed by atoms with E-state index in [-0.39, 0.29) is 6.10 Å². The smallest absolute Gasteiger partial charge is 0.0577 e. The van der Waals surface area contributed by atoms with Crippen molar-refractivity contribution in [2.75, 3.05) is 0 Å². The van der Waals surface area contributed by atoms with Crippen LogP contribution < -0.4 is 0 Å². The highest BCUT2D eigenvalue weighted by Gasteiger charge is 2.59. The molecule has 4 rings (SSSR count). The van der Waals surface area contributed by atoms with Gasteiger partial charge in [-0.1, -0.05) is 72.3 Å². The average molecular weight is 441 g/mol. The molecule has 4 aliphatic rings. The molecule has 0 saturated heterocycles. The summed E-state index contributed by atoms with van der Waals surface area (Å²) in [5.74, 6) is 6.53. The summed E-state index contributed by atoms with van der Waals surface area (Å²) >= 11 is 0. The molecule has 0 bridgehead atoms. The normalized spacial score (nSPS) is 42.8. The summed E-state index contributed by atoms with van der Waals surface area (Å²) in [6.07, 6.45) is 19.1. The Hall–Kier alpha value is -0.560. The Kier molecular flexibility index (Phi) is 7.09. The van der Waals surface area contributed by atoms with Crippen molar-refractivity contribution in [3.8, 4) is 0 Å². The van der Waals surface area contributed by atoms with Gasteiger partial charge in [0.1, 0.15) is 0 Å². The molecule has 0 aromatic carbocycles. The molecule has 3 fully saturated rings. The topological polar surface area (TPSA) is 20.2 Å². The van der Waals surface area contributed by atoms with E-state index in [1.54, 1.807) is 5.57 Å². The molecule has 0 radical (unpaired) electrons. The van der Waals surface area contributed by atoms with Crippen LogP contribution in [0, 0.1) is 58.2 Å². The Morgan fingerprint density at radius 2 is 1.69 bits per heavy atom. The van der Waals surface area contributed by atoms with Crippen molar-refractivity contribution in [3.63, 3.8) is 0 Å². The minimum absolute atomic E-state index is 0.0875. The fourth-order valence-corrected chi connectivity index (χ4v) is 9.45. The molecular formula is C31H52O. The van der Waals surface area contributed by atoms with Crippen LogP contribution in [0.5, 0.6) is 0 Å². The number of hydrogen-bond donors (Lipinski definition) is 1. The Balaban J connectivity index is 1.46. The molecule has 0 heterocycles. The zero-order valence-electron chi connectivity index (χ0n) is 22.2. The molecule has 1 N–H and O–H groups in total. The van der Waals surface area contributed by atoms with Crippen LogP contribution in [0.15, 0.2) is 23.8 Å². The second-order valence-electron chi connectivity index (χ2n) is 13.6. The van der Waals surface area contributed by atoms with Gasteiger partial charge in [-0.2, -0.15) is 0 Å². The van der Waals surface area contributed by atoms with Gasteiger partial charge in [0.2, 0.25) is 0 Å². The third-order valence-electron chi connectivity index (χ3n) is 11.2. The maximum atomic E-state index is 10.3. The van der Waals surface area contributed by atoms with Crippen molar-refractivity contribution in [2.45, 2.75) is 112 Å². The van der Waals surface area contributed by atoms with Crippen LogP contribution >= 0.6 is 0 Å². The molecule has 8 atom stereocenters. The quantitative estimate of drug-likeness (QED) is 0.411. The number of aliphatic hydroxyl groups is 1. The molecule has 0 aliphatic heterocycles. The molecule has 4 aliphatic carbocycles. The van der Waals surface area contributed by atoms with Gasteiger partial charge in [0.25, 0.3) is 0 Å². The van der Waals surface area contributed by atoms with E-state index >= 15 is 0 Å². The van der Waals surface area contributed by atoms with Crippen molar-refractivity contribution in [3.05, 3.63) is 23.8 Å². The minimum Gasteiger partial charge on any atom is -0.393 e. The first kappa shape index (κ1) is 24.6. The van der Waals surface area contributed by atoms with E-state index in [1.807, 2.05) is 0 Å².